The summed E-state index contributed by atoms with van der Waals surface area (Å²) in [5, 5.41) is 4.65. The topological polar surface area (TPSA) is 34.1 Å². The molecule has 4 heteroatoms. The third-order valence-corrected chi connectivity index (χ3v) is 3.63. The maximum absolute atomic E-state index is 5.02. The van der Waals surface area contributed by atoms with Crippen LogP contribution in [0.2, 0.25) is 0 Å². The fourth-order valence-electron chi connectivity index (χ4n) is 1.39. The zero-order valence-corrected chi connectivity index (χ0v) is 10.8. The van der Waals surface area contributed by atoms with Crippen molar-refractivity contribution in [2.45, 2.75) is 33.2 Å². The van der Waals surface area contributed by atoms with E-state index in [1.54, 1.807) is 18.4 Å². The molecule has 0 bridgehead atoms. The van der Waals surface area contributed by atoms with Crippen molar-refractivity contribution in [2.24, 2.45) is 0 Å². The predicted octanol–water partition coefficient (Wildman–Crippen LogP) is 2.45. The molecule has 0 amide bonds. The molecule has 15 heavy (non-hydrogen) atoms. The summed E-state index contributed by atoms with van der Waals surface area (Å²) in [6.45, 7) is 8.00. The van der Waals surface area contributed by atoms with E-state index in [-0.39, 0.29) is 0 Å². The number of rotatable bonds is 6. The van der Waals surface area contributed by atoms with Gasteiger partial charge in [0.1, 0.15) is 5.01 Å². The lowest BCUT2D eigenvalue weighted by Crippen LogP contribution is -2.24. The molecule has 1 heterocycles. The Balaban J connectivity index is 2.57. The Hall–Kier alpha value is -0.450. The van der Waals surface area contributed by atoms with Crippen LogP contribution in [0.25, 0.3) is 0 Å². The van der Waals surface area contributed by atoms with Gasteiger partial charge in [0.15, 0.2) is 0 Å². The third kappa shape index (κ3) is 3.55. The minimum absolute atomic E-state index is 0.373. The van der Waals surface area contributed by atoms with Crippen LogP contribution in [0.3, 0.4) is 0 Å². The molecule has 0 aliphatic rings. The van der Waals surface area contributed by atoms with Gasteiger partial charge in [0.2, 0.25) is 0 Å². The highest BCUT2D eigenvalue weighted by Crippen LogP contribution is 2.24. The molecule has 1 atom stereocenters. The monoisotopic (exact) mass is 228 g/mol. The van der Waals surface area contributed by atoms with Crippen molar-refractivity contribution < 1.29 is 4.74 Å². The Morgan fingerprint density at radius 3 is 2.67 bits per heavy atom. The number of nitrogens with one attached hydrogen (secondary N) is 1. The summed E-state index contributed by atoms with van der Waals surface area (Å²) in [6.07, 6.45) is 1.07. The van der Waals surface area contributed by atoms with E-state index in [0.717, 1.165) is 25.3 Å². The Morgan fingerprint density at radius 2 is 2.20 bits per heavy atom. The van der Waals surface area contributed by atoms with Gasteiger partial charge in [0, 0.05) is 18.5 Å². The molecule has 0 fully saturated rings. The van der Waals surface area contributed by atoms with Crippen molar-refractivity contribution in [2.75, 3.05) is 20.3 Å². The number of aryl methyl sites for hydroxylation is 2. The Labute approximate surface area is 95.9 Å². The molecule has 86 valence electrons. The van der Waals surface area contributed by atoms with Gasteiger partial charge in [-0.25, -0.2) is 4.98 Å². The minimum Gasteiger partial charge on any atom is -0.383 e. The van der Waals surface area contributed by atoms with Crippen LogP contribution in [0.15, 0.2) is 0 Å². The zero-order valence-electron chi connectivity index (χ0n) is 9.96. The molecular formula is C11H20N2OS. The van der Waals surface area contributed by atoms with Gasteiger partial charge < -0.3 is 10.1 Å². The lowest BCUT2D eigenvalue weighted by molar-refractivity contribution is 0.195. The van der Waals surface area contributed by atoms with Gasteiger partial charge in [-0.2, -0.15) is 0 Å². The molecule has 0 aliphatic carbocycles. The van der Waals surface area contributed by atoms with Crippen LogP contribution in [0.4, 0.5) is 0 Å². The van der Waals surface area contributed by atoms with Gasteiger partial charge in [-0.15, -0.1) is 11.3 Å². The molecule has 0 aromatic carbocycles. The molecule has 1 aromatic rings. The molecule has 0 saturated carbocycles. The van der Waals surface area contributed by atoms with Crippen LogP contribution in [-0.2, 0) is 4.74 Å². The number of nitrogens with zero attached hydrogens (tertiary/aromatic N) is 1. The van der Waals surface area contributed by atoms with E-state index < -0.39 is 0 Å². The summed E-state index contributed by atoms with van der Waals surface area (Å²) in [6, 6.07) is 0.373. The SMILES string of the molecule is CCC(NCCOC)c1nc(C)c(C)s1. The van der Waals surface area contributed by atoms with Crippen molar-refractivity contribution >= 4 is 11.3 Å². The fraction of sp³-hybridized carbons (Fsp3) is 0.727. The van der Waals surface area contributed by atoms with Crippen molar-refractivity contribution in [3.05, 3.63) is 15.6 Å². The van der Waals surface area contributed by atoms with E-state index >= 15 is 0 Å². The first-order chi connectivity index (χ1) is 7.19. The molecule has 0 saturated heterocycles. The average Bonchev–Trinajstić information content (AvgIpc) is 2.54. The number of ether oxygens (including phenoxy) is 1. The van der Waals surface area contributed by atoms with E-state index in [0.29, 0.717) is 6.04 Å². The van der Waals surface area contributed by atoms with E-state index in [9.17, 15) is 0 Å². The Morgan fingerprint density at radius 1 is 1.47 bits per heavy atom. The highest BCUT2D eigenvalue weighted by molar-refractivity contribution is 7.11. The third-order valence-electron chi connectivity index (χ3n) is 2.45. The van der Waals surface area contributed by atoms with Crippen molar-refractivity contribution in [3.8, 4) is 0 Å². The van der Waals surface area contributed by atoms with Crippen LogP contribution < -0.4 is 5.32 Å². The van der Waals surface area contributed by atoms with Gasteiger partial charge in [0.05, 0.1) is 18.3 Å². The molecule has 3 nitrogen and oxygen atoms in total. The second-order valence-electron chi connectivity index (χ2n) is 3.60. The standard InChI is InChI=1S/C11H20N2OS/c1-5-10(12-6-7-14-4)11-13-8(2)9(3)15-11/h10,12H,5-7H2,1-4H3. The molecule has 1 N–H and O–H groups in total. The van der Waals surface area contributed by atoms with Crippen LogP contribution in [0.1, 0.15) is 35.0 Å². The van der Waals surface area contributed by atoms with E-state index in [4.69, 9.17) is 4.74 Å². The molecule has 0 spiro atoms. The summed E-state index contributed by atoms with van der Waals surface area (Å²) in [5.74, 6) is 0. The summed E-state index contributed by atoms with van der Waals surface area (Å²) < 4.78 is 5.02. The quantitative estimate of drug-likeness (QED) is 0.759. The molecule has 1 aromatic heterocycles. The first-order valence-electron chi connectivity index (χ1n) is 5.35. The molecule has 1 rings (SSSR count). The summed E-state index contributed by atoms with van der Waals surface area (Å²) in [5.41, 5.74) is 1.15. The maximum atomic E-state index is 5.02. The second kappa shape index (κ2) is 6.20. The van der Waals surface area contributed by atoms with Gasteiger partial charge >= 0.3 is 0 Å². The number of hydrogen-bond acceptors (Lipinski definition) is 4. The molecule has 0 aliphatic heterocycles. The lowest BCUT2D eigenvalue weighted by Gasteiger charge is -2.13. The van der Waals surface area contributed by atoms with Gasteiger partial charge in [-0.3, -0.25) is 0 Å². The lowest BCUT2D eigenvalue weighted by atomic mass is 10.2. The molecule has 1 unspecified atom stereocenters. The van der Waals surface area contributed by atoms with E-state index in [1.807, 2.05) is 0 Å². The highest BCUT2D eigenvalue weighted by atomic mass is 32.1. The summed E-state index contributed by atoms with van der Waals surface area (Å²) in [4.78, 5) is 5.89. The Kier molecular flexibility index (Phi) is 5.22. The number of thiazole rings is 1. The van der Waals surface area contributed by atoms with E-state index in [1.165, 1.54) is 9.88 Å². The average molecular weight is 228 g/mol. The number of aromatic nitrogens is 1. The van der Waals surface area contributed by atoms with Crippen molar-refractivity contribution in [1.29, 1.82) is 0 Å². The zero-order chi connectivity index (χ0) is 11.3. The Bertz CT molecular complexity index is 279. The van der Waals surface area contributed by atoms with Crippen LogP contribution in [0, 0.1) is 13.8 Å². The van der Waals surface area contributed by atoms with Gasteiger partial charge in [-0.1, -0.05) is 6.92 Å². The molecular weight excluding hydrogens is 208 g/mol. The predicted molar refractivity (Wildman–Crippen MR) is 64.5 cm³/mol. The summed E-state index contributed by atoms with van der Waals surface area (Å²) in [7, 11) is 1.72. The second-order valence-corrected chi connectivity index (χ2v) is 4.84. The summed E-state index contributed by atoms with van der Waals surface area (Å²) >= 11 is 1.79. The van der Waals surface area contributed by atoms with Gasteiger partial charge in [-0.05, 0) is 20.3 Å². The van der Waals surface area contributed by atoms with Crippen molar-refractivity contribution in [1.82, 2.24) is 10.3 Å². The number of hydrogen-bond donors (Lipinski definition) is 1. The van der Waals surface area contributed by atoms with Gasteiger partial charge in [0.25, 0.3) is 0 Å². The van der Waals surface area contributed by atoms with Crippen LogP contribution >= 0.6 is 11.3 Å². The molecule has 0 radical (unpaired) electrons. The fourth-order valence-corrected chi connectivity index (χ4v) is 2.47. The van der Waals surface area contributed by atoms with E-state index in [2.05, 4.69) is 31.1 Å². The maximum Gasteiger partial charge on any atom is 0.110 e. The highest BCUT2D eigenvalue weighted by Gasteiger charge is 2.13. The van der Waals surface area contributed by atoms with Crippen LogP contribution in [-0.4, -0.2) is 25.2 Å². The largest absolute Gasteiger partial charge is 0.383 e. The van der Waals surface area contributed by atoms with Crippen LogP contribution in [0.5, 0.6) is 0 Å². The number of methoxy groups -OCH3 is 1. The minimum atomic E-state index is 0.373. The first kappa shape index (κ1) is 12.6. The smallest absolute Gasteiger partial charge is 0.110 e. The van der Waals surface area contributed by atoms with Crippen molar-refractivity contribution in [3.63, 3.8) is 0 Å². The first-order valence-corrected chi connectivity index (χ1v) is 6.17. The normalized spacial score (nSPS) is 13.1.